The van der Waals surface area contributed by atoms with Crippen molar-refractivity contribution in [3.8, 4) is 44.5 Å². The summed E-state index contributed by atoms with van der Waals surface area (Å²) in [5.41, 5.74) is 14.3. The van der Waals surface area contributed by atoms with Crippen LogP contribution in [-0.4, -0.2) is 0 Å². The molecule has 58 heavy (non-hydrogen) atoms. The molecule has 0 aliphatic carbocycles. The molecular formula is C56H37NO. The largest absolute Gasteiger partial charge is 0.456 e. The minimum absolute atomic E-state index is 0.858. The first-order valence-electron chi connectivity index (χ1n) is 19.8. The molecule has 10 aromatic carbocycles. The van der Waals surface area contributed by atoms with Gasteiger partial charge in [-0.05, 0) is 103 Å². The summed E-state index contributed by atoms with van der Waals surface area (Å²) in [5.74, 6) is 0. The van der Waals surface area contributed by atoms with Crippen LogP contribution in [0.5, 0.6) is 0 Å². The molecule has 0 atom stereocenters. The zero-order chi connectivity index (χ0) is 38.4. The van der Waals surface area contributed by atoms with E-state index >= 15 is 0 Å². The fourth-order valence-electron chi connectivity index (χ4n) is 8.70. The van der Waals surface area contributed by atoms with Gasteiger partial charge in [0.2, 0.25) is 0 Å². The number of rotatable bonds is 7. The van der Waals surface area contributed by atoms with Gasteiger partial charge in [0.25, 0.3) is 0 Å². The highest BCUT2D eigenvalue weighted by Crippen LogP contribution is 2.48. The van der Waals surface area contributed by atoms with Gasteiger partial charge in [-0.2, -0.15) is 0 Å². The van der Waals surface area contributed by atoms with E-state index < -0.39 is 0 Å². The minimum atomic E-state index is 0.858. The lowest BCUT2D eigenvalue weighted by Gasteiger charge is -2.29. The summed E-state index contributed by atoms with van der Waals surface area (Å²) < 4.78 is 6.50. The van der Waals surface area contributed by atoms with Crippen LogP contribution in [0.15, 0.2) is 229 Å². The zero-order valence-corrected chi connectivity index (χ0v) is 31.7. The van der Waals surface area contributed by atoms with Crippen LogP contribution >= 0.6 is 0 Å². The summed E-state index contributed by atoms with van der Waals surface area (Å²) >= 11 is 0. The van der Waals surface area contributed by atoms with E-state index in [1.807, 2.05) is 6.07 Å². The lowest BCUT2D eigenvalue weighted by Crippen LogP contribution is -2.12. The lowest BCUT2D eigenvalue weighted by molar-refractivity contribution is 0.669. The second-order valence-corrected chi connectivity index (χ2v) is 14.9. The number of anilines is 3. The van der Waals surface area contributed by atoms with Crippen LogP contribution in [0.25, 0.3) is 88.0 Å². The predicted molar refractivity (Wildman–Crippen MR) is 245 cm³/mol. The number of furan rings is 1. The molecule has 0 bridgehead atoms. The molecule has 0 amide bonds. The van der Waals surface area contributed by atoms with Crippen LogP contribution < -0.4 is 4.90 Å². The van der Waals surface area contributed by atoms with E-state index in [1.165, 1.54) is 43.8 Å². The highest BCUT2D eigenvalue weighted by Gasteiger charge is 2.23. The van der Waals surface area contributed by atoms with Crippen LogP contribution in [0.3, 0.4) is 0 Å². The Morgan fingerprint density at radius 3 is 1.71 bits per heavy atom. The quantitative estimate of drug-likeness (QED) is 0.151. The molecule has 272 valence electrons. The number of nitrogens with zero attached hydrogens (tertiary/aromatic N) is 1. The number of hydrogen-bond donors (Lipinski definition) is 0. The lowest BCUT2D eigenvalue weighted by atomic mass is 9.92. The minimum Gasteiger partial charge on any atom is -0.456 e. The molecule has 0 saturated heterocycles. The second-order valence-electron chi connectivity index (χ2n) is 14.9. The van der Waals surface area contributed by atoms with Crippen molar-refractivity contribution in [3.63, 3.8) is 0 Å². The van der Waals surface area contributed by atoms with Gasteiger partial charge < -0.3 is 9.32 Å². The van der Waals surface area contributed by atoms with Crippen molar-refractivity contribution in [3.05, 3.63) is 224 Å². The summed E-state index contributed by atoms with van der Waals surface area (Å²) in [4.78, 5) is 2.43. The van der Waals surface area contributed by atoms with Gasteiger partial charge in [0.05, 0.1) is 16.8 Å². The summed E-state index contributed by atoms with van der Waals surface area (Å²) in [7, 11) is 0. The molecule has 0 spiro atoms. The number of para-hydroxylation sites is 1. The Morgan fingerprint density at radius 1 is 0.293 bits per heavy atom. The molecule has 11 rings (SSSR count). The van der Waals surface area contributed by atoms with Crippen LogP contribution in [0.4, 0.5) is 17.1 Å². The van der Waals surface area contributed by atoms with Gasteiger partial charge in [-0.3, -0.25) is 0 Å². The van der Waals surface area contributed by atoms with Gasteiger partial charge in [-0.1, -0.05) is 182 Å². The Hall–Kier alpha value is -7.68. The highest BCUT2D eigenvalue weighted by atomic mass is 16.3. The van der Waals surface area contributed by atoms with Crippen LogP contribution in [-0.2, 0) is 0 Å². The SMILES string of the molecule is c1ccc(-c2cccc(-c3ccc(N(c4cc(-c5cccc6c5ccc5ccccc56)ccc4-c4ccccc4)c4cccc5oc6ccccc6c45)cc3)c2)cc1. The Bertz CT molecular complexity index is 3270. The summed E-state index contributed by atoms with van der Waals surface area (Å²) in [6.07, 6.45) is 0. The maximum atomic E-state index is 6.50. The van der Waals surface area contributed by atoms with Gasteiger partial charge in [-0.15, -0.1) is 0 Å². The zero-order valence-electron chi connectivity index (χ0n) is 31.7. The van der Waals surface area contributed by atoms with Crippen molar-refractivity contribution in [2.45, 2.75) is 0 Å². The van der Waals surface area contributed by atoms with E-state index in [2.05, 4.69) is 223 Å². The molecule has 0 aliphatic heterocycles. The van der Waals surface area contributed by atoms with Gasteiger partial charge in [0.1, 0.15) is 11.2 Å². The second kappa shape index (κ2) is 14.1. The number of fused-ring (bicyclic) bond motifs is 6. The van der Waals surface area contributed by atoms with Crippen molar-refractivity contribution in [2.75, 3.05) is 4.90 Å². The Kier molecular flexibility index (Phi) is 8.19. The molecular weight excluding hydrogens is 703 g/mol. The topological polar surface area (TPSA) is 16.4 Å². The van der Waals surface area contributed by atoms with Gasteiger partial charge >= 0.3 is 0 Å². The molecule has 0 N–H and O–H groups in total. The Morgan fingerprint density at radius 2 is 0.897 bits per heavy atom. The standard InChI is InChI=1S/C56H37NO/c1-3-14-38(15-4-1)42-19-11-20-43(36-42)39-28-32-45(33-29-39)57(52-25-13-27-55-56(52)51-22-9-10-26-54(51)58-55)53-37-44(31-34-48(53)40-16-5-2-6-17-40)47-23-12-24-49-46-21-8-7-18-41(46)30-35-50(47)49/h1-37H. The van der Waals surface area contributed by atoms with E-state index in [0.29, 0.717) is 0 Å². The van der Waals surface area contributed by atoms with Crippen LogP contribution in [0, 0.1) is 0 Å². The maximum Gasteiger partial charge on any atom is 0.137 e. The third-order valence-corrected chi connectivity index (χ3v) is 11.5. The number of benzene rings is 10. The van der Waals surface area contributed by atoms with Crippen molar-refractivity contribution in [1.29, 1.82) is 0 Å². The maximum absolute atomic E-state index is 6.50. The molecule has 0 radical (unpaired) electrons. The van der Waals surface area contributed by atoms with Gasteiger partial charge in [0.15, 0.2) is 0 Å². The molecule has 1 aromatic heterocycles. The van der Waals surface area contributed by atoms with Crippen molar-refractivity contribution >= 4 is 60.5 Å². The molecule has 2 nitrogen and oxygen atoms in total. The molecule has 0 fully saturated rings. The van der Waals surface area contributed by atoms with Gasteiger partial charge in [0, 0.05) is 16.6 Å². The van der Waals surface area contributed by atoms with Crippen molar-refractivity contribution in [2.24, 2.45) is 0 Å². The number of hydrogen-bond acceptors (Lipinski definition) is 2. The summed E-state index contributed by atoms with van der Waals surface area (Å²) in [5, 5.41) is 7.16. The van der Waals surface area contributed by atoms with Crippen LogP contribution in [0.2, 0.25) is 0 Å². The van der Waals surface area contributed by atoms with Crippen LogP contribution in [0.1, 0.15) is 0 Å². The Labute approximate surface area is 337 Å². The first-order valence-corrected chi connectivity index (χ1v) is 19.8. The molecule has 1 heterocycles. The summed E-state index contributed by atoms with van der Waals surface area (Å²) in [6, 6.07) is 80.8. The molecule has 0 aliphatic rings. The third-order valence-electron chi connectivity index (χ3n) is 11.5. The monoisotopic (exact) mass is 739 g/mol. The molecule has 0 unspecified atom stereocenters. The van der Waals surface area contributed by atoms with E-state index in [-0.39, 0.29) is 0 Å². The average Bonchev–Trinajstić information content (AvgIpc) is 3.69. The normalized spacial score (nSPS) is 11.4. The van der Waals surface area contributed by atoms with Crippen molar-refractivity contribution < 1.29 is 4.42 Å². The fraction of sp³-hybridized carbons (Fsp3) is 0. The van der Waals surface area contributed by atoms with E-state index in [1.54, 1.807) is 0 Å². The smallest absolute Gasteiger partial charge is 0.137 e. The first-order chi connectivity index (χ1) is 28.8. The summed E-state index contributed by atoms with van der Waals surface area (Å²) in [6.45, 7) is 0. The van der Waals surface area contributed by atoms with Crippen molar-refractivity contribution in [1.82, 2.24) is 0 Å². The van der Waals surface area contributed by atoms with E-state index in [4.69, 9.17) is 4.42 Å². The fourth-order valence-corrected chi connectivity index (χ4v) is 8.70. The average molecular weight is 740 g/mol. The molecule has 0 saturated carbocycles. The van der Waals surface area contributed by atoms with E-state index in [9.17, 15) is 0 Å². The van der Waals surface area contributed by atoms with Gasteiger partial charge in [-0.25, -0.2) is 0 Å². The highest BCUT2D eigenvalue weighted by molar-refractivity contribution is 6.15. The molecule has 11 aromatic rings. The first kappa shape index (κ1) is 33.6. The predicted octanol–water partition coefficient (Wildman–Crippen LogP) is 16.0. The third kappa shape index (κ3) is 5.82. The Balaban J connectivity index is 1.15. The molecule has 2 heteroatoms. The van der Waals surface area contributed by atoms with E-state index in [0.717, 1.165) is 61.3 Å².